The van der Waals surface area contributed by atoms with Crippen LogP contribution in [0.2, 0.25) is 0 Å². The molecule has 1 atom stereocenters. The molecule has 1 aliphatic rings. The van der Waals surface area contributed by atoms with E-state index >= 15 is 0 Å². The fraction of sp³-hybridized carbons (Fsp3) is 0.500. The van der Waals surface area contributed by atoms with Gasteiger partial charge in [0.2, 0.25) is 0 Å². The van der Waals surface area contributed by atoms with E-state index in [1.807, 2.05) is 12.1 Å². The molecule has 0 aromatic heterocycles. The quantitative estimate of drug-likeness (QED) is 0.628. The summed E-state index contributed by atoms with van der Waals surface area (Å²) in [5.74, 6) is 0.129. The standard InChI is InChI=1S/C14H21N3O/c1-10-7-12(14(15)16)3-4-13(10)8-17-5-6-18-9-11(17)2/h3-4,7,11H,5-6,8-9H2,1-2H3,(H3,15,16). The van der Waals surface area contributed by atoms with Crippen LogP contribution in [0.25, 0.3) is 0 Å². The molecule has 1 aromatic carbocycles. The van der Waals surface area contributed by atoms with Gasteiger partial charge in [-0.05, 0) is 31.0 Å². The smallest absolute Gasteiger partial charge is 0.122 e. The van der Waals surface area contributed by atoms with Gasteiger partial charge in [-0.15, -0.1) is 0 Å². The molecule has 1 fully saturated rings. The van der Waals surface area contributed by atoms with Crippen molar-refractivity contribution in [2.24, 2.45) is 5.73 Å². The van der Waals surface area contributed by atoms with Crippen LogP contribution in [-0.2, 0) is 11.3 Å². The van der Waals surface area contributed by atoms with E-state index in [4.69, 9.17) is 15.9 Å². The molecule has 4 heteroatoms. The van der Waals surface area contributed by atoms with Crippen molar-refractivity contribution < 1.29 is 4.74 Å². The van der Waals surface area contributed by atoms with Gasteiger partial charge in [-0.1, -0.05) is 12.1 Å². The number of hydrogen-bond donors (Lipinski definition) is 2. The van der Waals surface area contributed by atoms with Gasteiger partial charge in [-0.2, -0.15) is 0 Å². The molecule has 18 heavy (non-hydrogen) atoms. The number of morpholine rings is 1. The summed E-state index contributed by atoms with van der Waals surface area (Å²) in [5.41, 5.74) is 8.79. The summed E-state index contributed by atoms with van der Waals surface area (Å²) in [4.78, 5) is 2.43. The second-order valence-corrected chi connectivity index (χ2v) is 4.95. The van der Waals surface area contributed by atoms with Crippen LogP contribution >= 0.6 is 0 Å². The summed E-state index contributed by atoms with van der Waals surface area (Å²) in [7, 11) is 0. The fourth-order valence-corrected chi connectivity index (χ4v) is 2.26. The highest BCUT2D eigenvalue weighted by Crippen LogP contribution is 2.16. The number of hydrogen-bond acceptors (Lipinski definition) is 3. The lowest BCUT2D eigenvalue weighted by Crippen LogP contribution is -2.43. The van der Waals surface area contributed by atoms with Crippen LogP contribution in [0.3, 0.4) is 0 Å². The Hall–Kier alpha value is -1.39. The number of aryl methyl sites for hydroxylation is 1. The summed E-state index contributed by atoms with van der Waals surface area (Å²) < 4.78 is 5.44. The average molecular weight is 247 g/mol. The van der Waals surface area contributed by atoms with E-state index in [0.29, 0.717) is 6.04 Å². The van der Waals surface area contributed by atoms with Crippen molar-refractivity contribution in [3.63, 3.8) is 0 Å². The Bertz CT molecular complexity index is 445. The SMILES string of the molecule is Cc1cc(C(=N)N)ccc1CN1CCOCC1C. The molecule has 0 amide bonds. The first-order valence-corrected chi connectivity index (χ1v) is 6.33. The molecule has 0 radical (unpaired) electrons. The number of nitrogen functional groups attached to an aromatic ring is 1. The van der Waals surface area contributed by atoms with Gasteiger partial charge < -0.3 is 10.5 Å². The topological polar surface area (TPSA) is 62.3 Å². The molecule has 3 N–H and O–H groups in total. The predicted molar refractivity (Wildman–Crippen MR) is 72.9 cm³/mol. The molecule has 0 bridgehead atoms. The molecule has 1 saturated heterocycles. The maximum atomic E-state index is 7.44. The molecule has 1 unspecified atom stereocenters. The van der Waals surface area contributed by atoms with Crippen LogP contribution in [0.15, 0.2) is 18.2 Å². The summed E-state index contributed by atoms with van der Waals surface area (Å²) >= 11 is 0. The van der Waals surface area contributed by atoms with Crippen LogP contribution in [0, 0.1) is 12.3 Å². The normalized spacial score (nSPS) is 20.9. The molecule has 0 spiro atoms. The number of nitrogens with zero attached hydrogens (tertiary/aromatic N) is 1. The number of rotatable bonds is 3. The molecule has 0 aliphatic carbocycles. The minimum Gasteiger partial charge on any atom is -0.384 e. The lowest BCUT2D eigenvalue weighted by molar-refractivity contribution is -0.00444. The van der Waals surface area contributed by atoms with Crippen LogP contribution in [0.4, 0.5) is 0 Å². The number of benzene rings is 1. The molecule has 98 valence electrons. The predicted octanol–water partition coefficient (Wildman–Crippen LogP) is 1.50. The molecule has 0 saturated carbocycles. The van der Waals surface area contributed by atoms with E-state index in [0.717, 1.165) is 31.9 Å². The zero-order chi connectivity index (χ0) is 13.1. The molecular weight excluding hydrogens is 226 g/mol. The Morgan fingerprint density at radius 2 is 2.33 bits per heavy atom. The summed E-state index contributed by atoms with van der Waals surface area (Å²) in [6, 6.07) is 6.46. The maximum absolute atomic E-state index is 7.44. The lowest BCUT2D eigenvalue weighted by atomic mass is 10.0. The van der Waals surface area contributed by atoms with Crippen molar-refractivity contribution in [2.75, 3.05) is 19.8 Å². The highest BCUT2D eigenvalue weighted by Gasteiger charge is 2.19. The van der Waals surface area contributed by atoms with Gasteiger partial charge in [0.25, 0.3) is 0 Å². The Morgan fingerprint density at radius 3 is 2.94 bits per heavy atom. The van der Waals surface area contributed by atoms with Crippen molar-refractivity contribution in [1.29, 1.82) is 5.41 Å². The first-order chi connectivity index (χ1) is 8.58. The third-order valence-electron chi connectivity index (χ3n) is 3.53. The monoisotopic (exact) mass is 247 g/mol. The van der Waals surface area contributed by atoms with Crippen molar-refractivity contribution in [2.45, 2.75) is 26.4 Å². The highest BCUT2D eigenvalue weighted by atomic mass is 16.5. The van der Waals surface area contributed by atoms with Gasteiger partial charge in [-0.25, -0.2) is 0 Å². The number of amidine groups is 1. The largest absolute Gasteiger partial charge is 0.384 e. The maximum Gasteiger partial charge on any atom is 0.122 e. The highest BCUT2D eigenvalue weighted by molar-refractivity contribution is 5.95. The van der Waals surface area contributed by atoms with Crippen molar-refractivity contribution in [1.82, 2.24) is 4.90 Å². The van der Waals surface area contributed by atoms with Crippen LogP contribution in [0.1, 0.15) is 23.6 Å². The van der Waals surface area contributed by atoms with Crippen molar-refractivity contribution in [3.8, 4) is 0 Å². The van der Waals surface area contributed by atoms with Gasteiger partial charge in [-0.3, -0.25) is 10.3 Å². The second-order valence-electron chi connectivity index (χ2n) is 4.95. The van der Waals surface area contributed by atoms with Gasteiger partial charge in [0.15, 0.2) is 0 Å². The molecular formula is C14H21N3O. The first-order valence-electron chi connectivity index (χ1n) is 6.33. The van der Waals surface area contributed by atoms with Gasteiger partial charge in [0.1, 0.15) is 5.84 Å². The molecule has 2 rings (SSSR count). The second kappa shape index (κ2) is 5.50. The molecule has 1 heterocycles. The Kier molecular flexibility index (Phi) is 3.99. The van der Waals surface area contributed by atoms with E-state index in [1.165, 1.54) is 11.1 Å². The van der Waals surface area contributed by atoms with E-state index in [9.17, 15) is 0 Å². The van der Waals surface area contributed by atoms with Gasteiger partial charge in [0, 0.05) is 24.7 Å². The van der Waals surface area contributed by atoms with Crippen molar-refractivity contribution >= 4 is 5.84 Å². The minimum absolute atomic E-state index is 0.129. The van der Waals surface area contributed by atoms with Crippen LogP contribution in [-0.4, -0.2) is 36.5 Å². The average Bonchev–Trinajstić information content (AvgIpc) is 2.34. The van der Waals surface area contributed by atoms with Crippen molar-refractivity contribution in [3.05, 3.63) is 34.9 Å². The van der Waals surface area contributed by atoms with E-state index in [-0.39, 0.29) is 5.84 Å². The van der Waals surface area contributed by atoms with Crippen LogP contribution in [0.5, 0.6) is 0 Å². The Balaban J connectivity index is 2.11. The minimum atomic E-state index is 0.129. The first kappa shape index (κ1) is 13.1. The van der Waals surface area contributed by atoms with Crippen LogP contribution < -0.4 is 5.73 Å². The number of ether oxygens (including phenoxy) is 1. The number of nitrogens with one attached hydrogen (secondary N) is 1. The van der Waals surface area contributed by atoms with Gasteiger partial charge in [0.05, 0.1) is 13.2 Å². The van der Waals surface area contributed by atoms with Gasteiger partial charge >= 0.3 is 0 Å². The summed E-state index contributed by atoms with van der Waals surface area (Å²) in [6.45, 7) is 7.81. The van der Waals surface area contributed by atoms with E-state index in [2.05, 4.69) is 24.8 Å². The van der Waals surface area contributed by atoms with E-state index < -0.39 is 0 Å². The number of nitrogens with two attached hydrogens (primary N) is 1. The Labute approximate surface area is 108 Å². The fourth-order valence-electron chi connectivity index (χ4n) is 2.26. The molecule has 1 aliphatic heterocycles. The third kappa shape index (κ3) is 2.89. The summed E-state index contributed by atoms with van der Waals surface area (Å²) in [6.07, 6.45) is 0. The lowest BCUT2D eigenvalue weighted by Gasteiger charge is -2.33. The van der Waals surface area contributed by atoms with E-state index in [1.54, 1.807) is 0 Å². The molecule has 1 aromatic rings. The Morgan fingerprint density at radius 1 is 1.56 bits per heavy atom. The summed E-state index contributed by atoms with van der Waals surface area (Å²) in [5, 5.41) is 7.44. The third-order valence-corrected chi connectivity index (χ3v) is 3.53. The zero-order valence-electron chi connectivity index (χ0n) is 11.1. The zero-order valence-corrected chi connectivity index (χ0v) is 11.1. The molecule has 4 nitrogen and oxygen atoms in total.